The van der Waals surface area contributed by atoms with Crippen LogP contribution in [0, 0.1) is 5.92 Å². The van der Waals surface area contributed by atoms with Crippen LogP contribution in [0.15, 0.2) is 23.8 Å². The lowest BCUT2D eigenvalue weighted by Crippen LogP contribution is -2.30. The lowest BCUT2D eigenvalue weighted by atomic mass is 9.94. The van der Waals surface area contributed by atoms with Crippen molar-refractivity contribution < 1.29 is 5.11 Å². The van der Waals surface area contributed by atoms with Gasteiger partial charge in [-0.1, -0.05) is 18.2 Å². The van der Waals surface area contributed by atoms with Crippen LogP contribution in [-0.4, -0.2) is 17.3 Å². The molecule has 60 valence electrons. The van der Waals surface area contributed by atoms with Crippen molar-refractivity contribution in [3.8, 4) is 0 Å². The van der Waals surface area contributed by atoms with Crippen LogP contribution in [0.25, 0.3) is 0 Å². The van der Waals surface area contributed by atoms with Crippen LogP contribution in [0.5, 0.6) is 0 Å². The van der Waals surface area contributed by atoms with E-state index in [1.165, 1.54) is 5.57 Å². The molecule has 11 heavy (non-hydrogen) atoms. The Morgan fingerprint density at radius 1 is 1.55 bits per heavy atom. The van der Waals surface area contributed by atoms with Crippen molar-refractivity contribution in [1.82, 2.24) is 0 Å². The van der Waals surface area contributed by atoms with Crippen molar-refractivity contribution in [2.75, 3.05) is 0 Å². The van der Waals surface area contributed by atoms with Crippen molar-refractivity contribution in [2.45, 2.75) is 25.0 Å². The van der Waals surface area contributed by atoms with E-state index in [1.54, 1.807) is 0 Å². The maximum absolute atomic E-state index is 9.43. The fourth-order valence-electron chi connectivity index (χ4n) is 1.97. The summed E-state index contributed by atoms with van der Waals surface area (Å²) in [5.41, 5.74) is 7.02. The monoisotopic (exact) mass is 151 g/mol. The number of allylic oxidation sites excluding steroid dienone is 3. The molecule has 0 aromatic carbocycles. The predicted octanol–water partition coefficient (Wildman–Crippen LogP) is 0.581. The molecule has 0 aromatic heterocycles. The zero-order chi connectivity index (χ0) is 7.84. The van der Waals surface area contributed by atoms with E-state index in [9.17, 15) is 5.11 Å². The van der Waals surface area contributed by atoms with Gasteiger partial charge in [-0.2, -0.15) is 0 Å². The molecular formula is C9H13NO. The molecule has 0 bridgehead atoms. The van der Waals surface area contributed by atoms with E-state index in [0.717, 1.165) is 12.8 Å². The summed E-state index contributed by atoms with van der Waals surface area (Å²) in [5, 5.41) is 9.43. The highest BCUT2D eigenvalue weighted by molar-refractivity contribution is 5.30. The Labute approximate surface area is 66.4 Å². The number of rotatable bonds is 0. The van der Waals surface area contributed by atoms with E-state index in [-0.39, 0.29) is 12.1 Å². The van der Waals surface area contributed by atoms with Gasteiger partial charge in [-0.05, 0) is 24.3 Å². The second-order valence-electron chi connectivity index (χ2n) is 3.36. The quantitative estimate of drug-likeness (QED) is 0.532. The molecule has 0 saturated heterocycles. The molecule has 2 nitrogen and oxygen atoms in total. The first-order chi connectivity index (χ1) is 5.29. The van der Waals surface area contributed by atoms with Crippen LogP contribution in [0.3, 0.4) is 0 Å². The summed E-state index contributed by atoms with van der Waals surface area (Å²) in [6.07, 6.45) is 7.80. The van der Waals surface area contributed by atoms with E-state index in [1.807, 2.05) is 6.08 Å². The molecule has 3 atom stereocenters. The highest BCUT2D eigenvalue weighted by Gasteiger charge is 2.34. The van der Waals surface area contributed by atoms with E-state index in [4.69, 9.17) is 5.73 Å². The summed E-state index contributed by atoms with van der Waals surface area (Å²) in [6, 6.07) is -0.107. The number of fused-ring (bicyclic) bond motifs is 1. The van der Waals surface area contributed by atoms with Crippen molar-refractivity contribution in [2.24, 2.45) is 11.7 Å². The van der Waals surface area contributed by atoms with E-state index < -0.39 is 0 Å². The van der Waals surface area contributed by atoms with Gasteiger partial charge < -0.3 is 10.8 Å². The topological polar surface area (TPSA) is 46.2 Å². The fourth-order valence-corrected chi connectivity index (χ4v) is 1.97. The van der Waals surface area contributed by atoms with Gasteiger partial charge >= 0.3 is 0 Å². The Kier molecular flexibility index (Phi) is 1.59. The van der Waals surface area contributed by atoms with Crippen LogP contribution in [0.1, 0.15) is 12.8 Å². The molecule has 0 spiro atoms. The number of nitrogens with two attached hydrogens (primary N) is 1. The maximum atomic E-state index is 9.43. The summed E-state index contributed by atoms with van der Waals surface area (Å²) in [6.45, 7) is 0. The summed E-state index contributed by atoms with van der Waals surface area (Å²) in [4.78, 5) is 0. The van der Waals surface area contributed by atoms with Gasteiger partial charge in [-0.15, -0.1) is 0 Å². The predicted molar refractivity (Wildman–Crippen MR) is 43.9 cm³/mol. The molecule has 0 aliphatic heterocycles. The van der Waals surface area contributed by atoms with Gasteiger partial charge in [0.25, 0.3) is 0 Å². The minimum Gasteiger partial charge on any atom is -0.391 e. The van der Waals surface area contributed by atoms with E-state index in [0.29, 0.717) is 5.92 Å². The lowest BCUT2D eigenvalue weighted by molar-refractivity contribution is 0.164. The zero-order valence-corrected chi connectivity index (χ0v) is 6.40. The molecular weight excluding hydrogens is 138 g/mol. The second-order valence-corrected chi connectivity index (χ2v) is 3.36. The molecule has 2 rings (SSSR count). The largest absolute Gasteiger partial charge is 0.391 e. The molecule has 2 aliphatic rings. The molecule has 0 heterocycles. The zero-order valence-electron chi connectivity index (χ0n) is 6.40. The molecule has 1 fully saturated rings. The third kappa shape index (κ3) is 1.03. The number of hydrogen-bond acceptors (Lipinski definition) is 2. The molecule has 0 radical (unpaired) electrons. The molecule has 1 unspecified atom stereocenters. The third-order valence-corrected chi connectivity index (χ3v) is 2.64. The average Bonchev–Trinajstić information content (AvgIpc) is 2.30. The van der Waals surface area contributed by atoms with Crippen LogP contribution >= 0.6 is 0 Å². The Morgan fingerprint density at radius 2 is 2.36 bits per heavy atom. The van der Waals surface area contributed by atoms with Crippen LogP contribution in [-0.2, 0) is 0 Å². The van der Waals surface area contributed by atoms with E-state index in [2.05, 4.69) is 12.2 Å². The van der Waals surface area contributed by atoms with Crippen LogP contribution in [0.2, 0.25) is 0 Å². The first-order valence-electron chi connectivity index (χ1n) is 4.09. The highest BCUT2D eigenvalue weighted by Crippen LogP contribution is 2.35. The van der Waals surface area contributed by atoms with Gasteiger partial charge in [0.15, 0.2) is 0 Å². The first-order valence-corrected chi connectivity index (χ1v) is 4.09. The number of aliphatic hydroxyl groups excluding tert-OH is 1. The molecule has 3 N–H and O–H groups in total. The standard InChI is InChI=1S/C9H13NO/c10-9-7-4-2-1-3-6(7)5-8(9)11/h1-2,4,6,8-9,11H,3,5,10H2/t6?,8-,9+/m1/s1. The Balaban J connectivity index is 2.25. The first kappa shape index (κ1) is 7.07. The normalized spacial score (nSPS) is 42.0. The molecule has 2 aliphatic carbocycles. The molecule has 1 saturated carbocycles. The summed E-state index contributed by atoms with van der Waals surface area (Å²) in [7, 11) is 0. The number of aliphatic hydroxyl groups is 1. The van der Waals surface area contributed by atoms with Crippen LogP contribution < -0.4 is 5.73 Å². The SMILES string of the molecule is N[C@H]1C2=CC=CCC2C[C@H]1O. The van der Waals surface area contributed by atoms with Gasteiger partial charge in [0.1, 0.15) is 0 Å². The third-order valence-electron chi connectivity index (χ3n) is 2.64. The maximum Gasteiger partial charge on any atom is 0.0735 e. The number of hydrogen-bond donors (Lipinski definition) is 2. The molecule has 0 amide bonds. The van der Waals surface area contributed by atoms with E-state index >= 15 is 0 Å². The van der Waals surface area contributed by atoms with Gasteiger partial charge in [-0.3, -0.25) is 0 Å². The van der Waals surface area contributed by atoms with Gasteiger partial charge in [0, 0.05) is 0 Å². The minimum absolute atomic E-state index is 0.107. The second kappa shape index (κ2) is 2.47. The summed E-state index contributed by atoms with van der Waals surface area (Å²) >= 11 is 0. The van der Waals surface area contributed by atoms with Gasteiger partial charge in [0.05, 0.1) is 12.1 Å². The Hall–Kier alpha value is -0.600. The summed E-state index contributed by atoms with van der Waals surface area (Å²) in [5.74, 6) is 0.519. The van der Waals surface area contributed by atoms with Crippen LogP contribution in [0.4, 0.5) is 0 Å². The fraction of sp³-hybridized carbons (Fsp3) is 0.556. The van der Waals surface area contributed by atoms with Gasteiger partial charge in [-0.25, -0.2) is 0 Å². The Bertz CT molecular complexity index is 216. The highest BCUT2D eigenvalue weighted by atomic mass is 16.3. The smallest absolute Gasteiger partial charge is 0.0735 e. The van der Waals surface area contributed by atoms with Crippen molar-refractivity contribution >= 4 is 0 Å². The average molecular weight is 151 g/mol. The van der Waals surface area contributed by atoms with Crippen molar-refractivity contribution in [3.63, 3.8) is 0 Å². The lowest BCUT2D eigenvalue weighted by Gasteiger charge is -2.14. The van der Waals surface area contributed by atoms with Gasteiger partial charge in [0.2, 0.25) is 0 Å². The minimum atomic E-state index is -0.314. The van der Waals surface area contributed by atoms with Crippen molar-refractivity contribution in [1.29, 1.82) is 0 Å². The summed E-state index contributed by atoms with van der Waals surface area (Å²) < 4.78 is 0. The molecule has 0 aromatic rings. The Morgan fingerprint density at radius 3 is 3.09 bits per heavy atom. The molecule has 2 heteroatoms. The van der Waals surface area contributed by atoms with Crippen molar-refractivity contribution in [3.05, 3.63) is 23.8 Å².